The number of hydrogen-bond donors (Lipinski definition) is 1. The minimum atomic E-state index is -0.0518. The van der Waals surface area contributed by atoms with E-state index in [9.17, 15) is 9.59 Å². The van der Waals surface area contributed by atoms with Gasteiger partial charge in [-0.25, -0.2) is 0 Å². The van der Waals surface area contributed by atoms with Crippen LogP contribution in [0.25, 0.3) is 11.5 Å². The molecule has 1 aromatic carbocycles. The second-order valence-corrected chi connectivity index (χ2v) is 7.01. The first-order chi connectivity index (χ1) is 14.2. The molecule has 4 rings (SSSR count). The Bertz CT molecular complexity index is 944. The number of aryl methyl sites for hydroxylation is 1. The molecule has 0 spiro atoms. The Hall–Kier alpha value is -3.42. The molecule has 1 N–H and O–H groups in total. The topological polar surface area (TPSA) is 101 Å². The Labute approximate surface area is 167 Å². The number of nitrogens with zero attached hydrogens (tertiary/aromatic N) is 3. The fourth-order valence-electron chi connectivity index (χ4n) is 3.37. The van der Waals surface area contributed by atoms with E-state index in [1.54, 1.807) is 11.0 Å². The van der Waals surface area contributed by atoms with E-state index in [4.69, 9.17) is 8.83 Å². The van der Waals surface area contributed by atoms with Crippen LogP contribution in [-0.4, -0.2) is 46.0 Å². The summed E-state index contributed by atoms with van der Waals surface area (Å²) < 4.78 is 10.6. The molecule has 0 unspecified atom stereocenters. The van der Waals surface area contributed by atoms with Gasteiger partial charge in [-0.05, 0) is 31.0 Å². The number of hydrogen-bond acceptors (Lipinski definition) is 6. The molecule has 8 nitrogen and oxygen atoms in total. The smallest absolute Gasteiger partial charge is 0.257 e. The molecule has 150 valence electrons. The summed E-state index contributed by atoms with van der Waals surface area (Å²) in [4.78, 5) is 26.4. The summed E-state index contributed by atoms with van der Waals surface area (Å²) in [6, 6.07) is 11.3. The van der Waals surface area contributed by atoms with Crippen molar-refractivity contribution in [2.45, 2.75) is 31.7 Å². The zero-order valence-electron chi connectivity index (χ0n) is 15.9. The highest BCUT2D eigenvalue weighted by Gasteiger charge is 2.25. The van der Waals surface area contributed by atoms with Gasteiger partial charge in [-0.1, -0.05) is 18.2 Å². The van der Waals surface area contributed by atoms with Crippen LogP contribution in [0.1, 0.15) is 35.5 Å². The molecule has 1 aliphatic heterocycles. The summed E-state index contributed by atoms with van der Waals surface area (Å²) in [7, 11) is 0. The number of likely N-dealkylation sites (tertiary alicyclic amines) is 1. The maximum absolute atomic E-state index is 12.3. The lowest BCUT2D eigenvalue weighted by Gasteiger charge is -2.32. The Morgan fingerprint density at radius 2 is 1.90 bits per heavy atom. The lowest BCUT2D eigenvalue weighted by molar-refractivity contribution is -0.122. The number of piperidine rings is 1. The van der Waals surface area contributed by atoms with Gasteiger partial charge < -0.3 is 19.1 Å². The third-order valence-corrected chi connectivity index (χ3v) is 4.97. The molecule has 29 heavy (non-hydrogen) atoms. The normalized spacial score (nSPS) is 14.7. The van der Waals surface area contributed by atoms with Crippen molar-refractivity contribution < 1.29 is 18.4 Å². The van der Waals surface area contributed by atoms with E-state index in [1.165, 1.54) is 12.5 Å². The monoisotopic (exact) mass is 394 g/mol. The van der Waals surface area contributed by atoms with E-state index in [0.29, 0.717) is 36.9 Å². The molecular weight excluding hydrogens is 372 g/mol. The van der Waals surface area contributed by atoms with Crippen molar-refractivity contribution in [3.8, 4) is 11.5 Å². The van der Waals surface area contributed by atoms with Crippen LogP contribution in [0, 0.1) is 0 Å². The minimum Gasteiger partial charge on any atom is -0.472 e. The van der Waals surface area contributed by atoms with Crippen LogP contribution in [-0.2, 0) is 11.2 Å². The summed E-state index contributed by atoms with van der Waals surface area (Å²) in [6.45, 7) is 1.22. The number of rotatable bonds is 6. The van der Waals surface area contributed by atoms with Crippen molar-refractivity contribution in [3.05, 3.63) is 60.4 Å². The van der Waals surface area contributed by atoms with Crippen molar-refractivity contribution in [2.75, 3.05) is 13.1 Å². The van der Waals surface area contributed by atoms with Gasteiger partial charge in [-0.3, -0.25) is 9.59 Å². The quantitative estimate of drug-likeness (QED) is 0.690. The van der Waals surface area contributed by atoms with Crippen LogP contribution >= 0.6 is 0 Å². The highest BCUT2D eigenvalue weighted by Crippen LogP contribution is 2.18. The maximum Gasteiger partial charge on any atom is 0.257 e. The molecule has 3 heterocycles. The van der Waals surface area contributed by atoms with Gasteiger partial charge in [0.05, 0.1) is 11.8 Å². The van der Waals surface area contributed by atoms with E-state index in [2.05, 4.69) is 15.5 Å². The SMILES string of the molecule is O=C(CCc1nnc(-c2ccccc2)o1)NC1CCN(C(=O)c2ccoc2)CC1. The number of carbonyl (C=O) groups excluding carboxylic acids is 2. The average molecular weight is 394 g/mol. The fourth-order valence-corrected chi connectivity index (χ4v) is 3.37. The van der Waals surface area contributed by atoms with E-state index in [-0.39, 0.29) is 24.3 Å². The number of amides is 2. The minimum absolute atomic E-state index is 0.0332. The van der Waals surface area contributed by atoms with E-state index in [1.807, 2.05) is 30.3 Å². The van der Waals surface area contributed by atoms with Crippen molar-refractivity contribution in [1.29, 1.82) is 0 Å². The first-order valence-corrected chi connectivity index (χ1v) is 9.67. The van der Waals surface area contributed by atoms with Gasteiger partial charge in [0.1, 0.15) is 6.26 Å². The number of nitrogens with one attached hydrogen (secondary N) is 1. The predicted octanol–water partition coefficient (Wildman–Crippen LogP) is 2.68. The zero-order chi connectivity index (χ0) is 20.1. The molecule has 1 aliphatic rings. The number of furan rings is 1. The van der Waals surface area contributed by atoms with Crippen LogP contribution in [0.15, 0.2) is 57.8 Å². The second-order valence-electron chi connectivity index (χ2n) is 7.01. The van der Waals surface area contributed by atoms with Crippen molar-refractivity contribution in [1.82, 2.24) is 20.4 Å². The largest absolute Gasteiger partial charge is 0.472 e. The number of benzene rings is 1. The van der Waals surface area contributed by atoms with Gasteiger partial charge in [0, 0.05) is 37.5 Å². The van der Waals surface area contributed by atoms with E-state index >= 15 is 0 Å². The van der Waals surface area contributed by atoms with Gasteiger partial charge in [0.25, 0.3) is 5.91 Å². The first-order valence-electron chi connectivity index (χ1n) is 9.67. The molecular formula is C21H22N4O4. The standard InChI is InChI=1S/C21H22N4O4/c26-18(6-7-19-23-24-20(29-19)15-4-2-1-3-5-15)22-17-8-11-25(12-9-17)21(27)16-10-13-28-14-16/h1-5,10,13-14,17H,6-9,11-12H2,(H,22,26). The highest BCUT2D eigenvalue weighted by molar-refractivity contribution is 5.93. The summed E-state index contributed by atoms with van der Waals surface area (Å²) >= 11 is 0. The fraction of sp³-hybridized carbons (Fsp3) is 0.333. The van der Waals surface area contributed by atoms with Gasteiger partial charge in [0.2, 0.25) is 17.7 Å². The molecule has 8 heteroatoms. The highest BCUT2D eigenvalue weighted by atomic mass is 16.4. The molecule has 2 aromatic heterocycles. The Balaban J connectivity index is 1.21. The Morgan fingerprint density at radius 1 is 1.10 bits per heavy atom. The molecule has 1 fully saturated rings. The number of carbonyl (C=O) groups is 2. The van der Waals surface area contributed by atoms with Crippen LogP contribution in [0.5, 0.6) is 0 Å². The average Bonchev–Trinajstić information content (AvgIpc) is 3.45. The van der Waals surface area contributed by atoms with Crippen LogP contribution < -0.4 is 5.32 Å². The predicted molar refractivity (Wildman–Crippen MR) is 104 cm³/mol. The molecule has 2 amide bonds. The molecule has 0 atom stereocenters. The van der Waals surface area contributed by atoms with Crippen LogP contribution in [0.3, 0.4) is 0 Å². The summed E-state index contributed by atoms with van der Waals surface area (Å²) in [5.41, 5.74) is 1.41. The van der Waals surface area contributed by atoms with Crippen molar-refractivity contribution in [2.24, 2.45) is 0 Å². The third-order valence-electron chi connectivity index (χ3n) is 4.97. The Morgan fingerprint density at radius 3 is 2.62 bits per heavy atom. The summed E-state index contributed by atoms with van der Waals surface area (Å²) in [5, 5.41) is 11.1. The first kappa shape index (κ1) is 18.9. The third kappa shape index (κ3) is 4.71. The van der Waals surface area contributed by atoms with Crippen LogP contribution in [0.4, 0.5) is 0 Å². The second kappa shape index (κ2) is 8.72. The maximum atomic E-state index is 12.3. The molecule has 0 saturated carbocycles. The molecule has 0 radical (unpaired) electrons. The van der Waals surface area contributed by atoms with Crippen molar-refractivity contribution in [3.63, 3.8) is 0 Å². The summed E-state index contributed by atoms with van der Waals surface area (Å²) in [6.07, 6.45) is 5.08. The van der Waals surface area contributed by atoms with Gasteiger partial charge in [-0.15, -0.1) is 10.2 Å². The zero-order valence-corrected chi connectivity index (χ0v) is 15.9. The molecule has 1 saturated heterocycles. The van der Waals surface area contributed by atoms with Gasteiger partial charge in [-0.2, -0.15) is 0 Å². The van der Waals surface area contributed by atoms with Gasteiger partial charge >= 0.3 is 0 Å². The van der Waals surface area contributed by atoms with E-state index in [0.717, 1.165) is 18.4 Å². The lowest BCUT2D eigenvalue weighted by Crippen LogP contribution is -2.46. The van der Waals surface area contributed by atoms with Crippen molar-refractivity contribution >= 4 is 11.8 Å². The van der Waals surface area contributed by atoms with Crippen LogP contribution in [0.2, 0.25) is 0 Å². The molecule has 3 aromatic rings. The Kier molecular flexibility index (Phi) is 5.69. The summed E-state index contributed by atoms with van der Waals surface area (Å²) in [5.74, 6) is 0.813. The lowest BCUT2D eigenvalue weighted by atomic mass is 10.0. The van der Waals surface area contributed by atoms with E-state index < -0.39 is 0 Å². The molecule has 0 aliphatic carbocycles. The van der Waals surface area contributed by atoms with Gasteiger partial charge in [0.15, 0.2) is 0 Å². The number of aromatic nitrogens is 2. The molecule has 0 bridgehead atoms.